The van der Waals surface area contributed by atoms with Crippen molar-refractivity contribution in [2.45, 2.75) is 45.3 Å². The average Bonchev–Trinajstić information content (AvgIpc) is 3.11. The van der Waals surface area contributed by atoms with Crippen molar-refractivity contribution in [3.63, 3.8) is 0 Å². The Morgan fingerprint density at radius 1 is 1.13 bits per heavy atom. The third-order valence-electron chi connectivity index (χ3n) is 4.88. The second-order valence-corrected chi connectivity index (χ2v) is 8.77. The minimum absolute atomic E-state index is 0.234. The minimum Gasteiger partial charge on any atom is -0.444 e. The Balaban J connectivity index is 1.43. The predicted molar refractivity (Wildman–Crippen MR) is 116 cm³/mol. The molecule has 0 bridgehead atoms. The number of fused-ring (bicyclic) bond motifs is 1. The number of carbonyl (C=O) groups is 1. The van der Waals surface area contributed by atoms with Crippen molar-refractivity contribution < 1.29 is 9.53 Å². The van der Waals surface area contributed by atoms with Gasteiger partial charge >= 0.3 is 6.09 Å². The van der Waals surface area contributed by atoms with Crippen molar-refractivity contribution in [1.82, 2.24) is 24.5 Å². The highest BCUT2D eigenvalue weighted by molar-refractivity contribution is 6.29. The zero-order valence-electron chi connectivity index (χ0n) is 17.3. The zero-order valence-corrected chi connectivity index (χ0v) is 18.1. The van der Waals surface area contributed by atoms with Crippen molar-refractivity contribution in [2.24, 2.45) is 0 Å². The van der Waals surface area contributed by atoms with Crippen LogP contribution in [0.2, 0.25) is 5.15 Å². The summed E-state index contributed by atoms with van der Waals surface area (Å²) in [7, 11) is 0. The number of carbonyl (C=O) groups excluding carboxylic acids is 1. The first kappa shape index (κ1) is 20.4. The van der Waals surface area contributed by atoms with Crippen LogP contribution in [-0.2, 0) is 4.74 Å². The number of anilines is 1. The van der Waals surface area contributed by atoms with Crippen LogP contribution in [0.15, 0.2) is 36.7 Å². The number of rotatable bonds is 3. The van der Waals surface area contributed by atoms with Gasteiger partial charge in [-0.3, -0.25) is 0 Å². The highest BCUT2D eigenvalue weighted by atomic mass is 35.5. The molecule has 1 saturated heterocycles. The van der Waals surface area contributed by atoms with E-state index < -0.39 is 5.60 Å². The van der Waals surface area contributed by atoms with E-state index in [-0.39, 0.29) is 12.1 Å². The van der Waals surface area contributed by atoms with Gasteiger partial charge in [0.15, 0.2) is 5.65 Å². The molecule has 30 heavy (non-hydrogen) atoms. The van der Waals surface area contributed by atoms with E-state index in [1.807, 2.05) is 39.0 Å². The Kier molecular flexibility index (Phi) is 5.51. The summed E-state index contributed by atoms with van der Waals surface area (Å²) in [6.45, 7) is 6.95. The maximum Gasteiger partial charge on any atom is 0.410 e. The quantitative estimate of drug-likeness (QED) is 0.627. The van der Waals surface area contributed by atoms with Crippen molar-refractivity contribution >= 4 is 29.2 Å². The van der Waals surface area contributed by atoms with E-state index in [0.717, 1.165) is 35.6 Å². The number of imidazole rings is 1. The zero-order chi connectivity index (χ0) is 21.3. The molecule has 0 unspecified atom stereocenters. The lowest BCUT2D eigenvalue weighted by Gasteiger charge is -2.33. The molecule has 0 atom stereocenters. The monoisotopic (exact) mass is 428 g/mol. The third kappa shape index (κ3) is 4.64. The molecule has 0 saturated carbocycles. The molecule has 4 heterocycles. The molecule has 1 aliphatic rings. The SMILES string of the molecule is CC(C)(C)OC(=O)N1CCC(Nc2ccc3ncc(-c4ccc(Cl)nc4)n3n2)CC1. The standard InChI is InChI=1S/C21H25ClN6O2/c1-21(2,3)30-20(29)27-10-8-15(9-11-27)25-18-6-7-19-24-13-16(28(19)26-18)14-4-5-17(22)23-12-14/h4-7,12-13,15H,8-11H2,1-3H3,(H,25,26). The summed E-state index contributed by atoms with van der Waals surface area (Å²) in [5.74, 6) is 0.763. The number of nitrogens with one attached hydrogen (secondary N) is 1. The second-order valence-electron chi connectivity index (χ2n) is 8.39. The molecule has 1 aliphatic heterocycles. The molecule has 3 aromatic heterocycles. The summed E-state index contributed by atoms with van der Waals surface area (Å²) < 4.78 is 7.26. The van der Waals surface area contributed by atoms with Gasteiger partial charge in [0.05, 0.1) is 11.9 Å². The first-order valence-corrected chi connectivity index (χ1v) is 10.4. The largest absolute Gasteiger partial charge is 0.444 e. The van der Waals surface area contributed by atoms with Crippen molar-refractivity contribution in [3.8, 4) is 11.3 Å². The van der Waals surface area contributed by atoms with Gasteiger partial charge in [-0.1, -0.05) is 11.6 Å². The van der Waals surface area contributed by atoms with Gasteiger partial charge < -0.3 is 15.0 Å². The topological polar surface area (TPSA) is 84.6 Å². The summed E-state index contributed by atoms with van der Waals surface area (Å²) >= 11 is 5.89. The molecular formula is C21H25ClN6O2. The van der Waals surface area contributed by atoms with Gasteiger partial charge in [0.25, 0.3) is 0 Å². The number of ether oxygens (including phenoxy) is 1. The number of hydrogen-bond donors (Lipinski definition) is 1. The normalized spacial score (nSPS) is 15.4. The molecule has 3 aromatic rings. The first-order chi connectivity index (χ1) is 14.3. The maximum absolute atomic E-state index is 12.2. The van der Waals surface area contributed by atoms with Gasteiger partial charge in [-0.15, -0.1) is 5.10 Å². The number of nitrogens with zero attached hydrogens (tertiary/aromatic N) is 5. The smallest absolute Gasteiger partial charge is 0.410 e. The van der Waals surface area contributed by atoms with Gasteiger partial charge in [-0.25, -0.2) is 19.3 Å². The van der Waals surface area contributed by atoms with E-state index in [1.165, 1.54) is 0 Å². The van der Waals surface area contributed by atoms with Crippen LogP contribution in [0, 0.1) is 0 Å². The molecule has 8 nitrogen and oxygen atoms in total. The lowest BCUT2D eigenvalue weighted by atomic mass is 10.1. The molecule has 1 fully saturated rings. The molecule has 1 N–H and O–H groups in total. The molecule has 9 heteroatoms. The van der Waals surface area contributed by atoms with Crippen molar-refractivity contribution in [3.05, 3.63) is 41.8 Å². The average molecular weight is 429 g/mol. The van der Waals surface area contributed by atoms with Crippen molar-refractivity contribution in [1.29, 1.82) is 0 Å². The van der Waals surface area contributed by atoms with E-state index >= 15 is 0 Å². The lowest BCUT2D eigenvalue weighted by Crippen LogP contribution is -2.44. The molecule has 0 aliphatic carbocycles. The number of halogens is 1. The van der Waals surface area contributed by atoms with Crippen LogP contribution in [-0.4, -0.2) is 55.3 Å². The molecule has 0 aromatic carbocycles. The number of pyridine rings is 1. The maximum atomic E-state index is 12.2. The summed E-state index contributed by atoms with van der Waals surface area (Å²) in [4.78, 5) is 22.6. The Bertz CT molecular complexity index is 1040. The first-order valence-electron chi connectivity index (χ1n) is 10.00. The third-order valence-corrected chi connectivity index (χ3v) is 5.11. The van der Waals surface area contributed by atoms with E-state index in [2.05, 4.69) is 15.3 Å². The highest BCUT2D eigenvalue weighted by Gasteiger charge is 2.27. The Morgan fingerprint density at radius 2 is 1.90 bits per heavy atom. The van der Waals surface area contributed by atoms with Crippen LogP contribution in [0.1, 0.15) is 33.6 Å². The van der Waals surface area contributed by atoms with Crippen LogP contribution in [0.3, 0.4) is 0 Å². The van der Waals surface area contributed by atoms with Gasteiger partial charge in [-0.2, -0.15) is 0 Å². The van der Waals surface area contributed by atoms with Crippen LogP contribution < -0.4 is 5.32 Å². The minimum atomic E-state index is -0.479. The molecule has 4 rings (SSSR count). The molecule has 0 radical (unpaired) electrons. The Morgan fingerprint density at radius 3 is 2.57 bits per heavy atom. The lowest BCUT2D eigenvalue weighted by molar-refractivity contribution is 0.0210. The van der Waals surface area contributed by atoms with E-state index in [9.17, 15) is 4.79 Å². The van der Waals surface area contributed by atoms with Gasteiger partial charge in [0.1, 0.15) is 16.6 Å². The fourth-order valence-corrected chi connectivity index (χ4v) is 3.53. The fourth-order valence-electron chi connectivity index (χ4n) is 3.42. The highest BCUT2D eigenvalue weighted by Crippen LogP contribution is 2.22. The van der Waals surface area contributed by atoms with E-state index in [4.69, 9.17) is 21.4 Å². The van der Waals surface area contributed by atoms with Gasteiger partial charge in [-0.05, 0) is 57.9 Å². The molecule has 158 valence electrons. The molecule has 1 amide bonds. The van der Waals surface area contributed by atoms with Crippen LogP contribution in [0.25, 0.3) is 16.9 Å². The van der Waals surface area contributed by atoms with Gasteiger partial charge in [0, 0.05) is 30.9 Å². The number of hydrogen-bond acceptors (Lipinski definition) is 6. The number of piperidine rings is 1. The Labute approximate surface area is 180 Å². The Hall–Kier alpha value is -2.87. The number of amides is 1. The molecular weight excluding hydrogens is 404 g/mol. The molecule has 0 spiro atoms. The summed E-state index contributed by atoms with van der Waals surface area (Å²) in [6.07, 6.45) is 4.89. The van der Waals surface area contributed by atoms with E-state index in [0.29, 0.717) is 18.2 Å². The van der Waals surface area contributed by atoms with Crippen molar-refractivity contribution in [2.75, 3.05) is 18.4 Å². The summed E-state index contributed by atoms with van der Waals surface area (Å²) in [5, 5.41) is 8.64. The van der Waals surface area contributed by atoms with Crippen LogP contribution >= 0.6 is 11.6 Å². The summed E-state index contributed by atoms with van der Waals surface area (Å²) in [6, 6.07) is 7.73. The van der Waals surface area contributed by atoms with Crippen LogP contribution in [0.5, 0.6) is 0 Å². The van der Waals surface area contributed by atoms with Crippen LogP contribution in [0.4, 0.5) is 10.6 Å². The fraction of sp³-hybridized carbons (Fsp3) is 0.429. The number of likely N-dealkylation sites (tertiary alicyclic amines) is 1. The number of aromatic nitrogens is 4. The summed E-state index contributed by atoms with van der Waals surface area (Å²) in [5.41, 5.74) is 2.01. The van der Waals surface area contributed by atoms with Gasteiger partial charge in [0.2, 0.25) is 0 Å². The predicted octanol–water partition coefficient (Wildman–Crippen LogP) is 4.26. The second kappa shape index (κ2) is 8.10. The van der Waals surface area contributed by atoms with E-state index in [1.54, 1.807) is 27.9 Å².